The van der Waals surface area contributed by atoms with E-state index in [9.17, 15) is 0 Å². The third kappa shape index (κ3) is 4.49. The fourth-order valence-electron chi connectivity index (χ4n) is 6.55. The van der Waals surface area contributed by atoms with Crippen LogP contribution in [0.5, 0.6) is 0 Å². The Labute approximate surface area is 266 Å². The SMILES string of the molecule is c1ccc(-c2cccc(N(c3ccc4ccccc4c3)c3ccc4ccc5c6ccc(-c7ccccc7)nc6oc5c4c3)c2)cc1. The zero-order valence-electron chi connectivity index (χ0n) is 25.0. The van der Waals surface area contributed by atoms with E-state index < -0.39 is 0 Å². The fourth-order valence-corrected chi connectivity index (χ4v) is 6.55. The summed E-state index contributed by atoms with van der Waals surface area (Å²) in [7, 11) is 0. The Balaban J connectivity index is 1.24. The lowest BCUT2D eigenvalue weighted by Crippen LogP contribution is -2.10. The van der Waals surface area contributed by atoms with Gasteiger partial charge in [-0.2, -0.15) is 0 Å². The molecule has 0 amide bonds. The van der Waals surface area contributed by atoms with Crippen molar-refractivity contribution >= 4 is 60.7 Å². The Morgan fingerprint density at radius 2 is 1.02 bits per heavy atom. The summed E-state index contributed by atoms with van der Waals surface area (Å²) < 4.78 is 6.58. The highest BCUT2D eigenvalue weighted by molar-refractivity contribution is 6.15. The van der Waals surface area contributed by atoms with Gasteiger partial charge in [-0.25, -0.2) is 4.98 Å². The molecule has 0 saturated carbocycles. The first-order valence-electron chi connectivity index (χ1n) is 15.5. The highest BCUT2D eigenvalue weighted by Crippen LogP contribution is 2.41. The molecule has 216 valence electrons. The second-order valence-corrected chi connectivity index (χ2v) is 11.6. The Hall–Kier alpha value is -6.19. The number of rotatable bonds is 5. The quantitative estimate of drug-likeness (QED) is 0.200. The first-order valence-corrected chi connectivity index (χ1v) is 15.5. The maximum Gasteiger partial charge on any atom is 0.227 e. The standard InChI is InChI=1S/C43H28N2O/c1-3-10-29(11-4-1)34-16-9-17-35(26-34)45(36-21-18-30-12-7-8-15-33(30)27-36)37-22-19-31-20-23-38-39-24-25-41(32-13-5-2-6-14-32)44-43(39)46-42(38)40(31)28-37/h1-28H. The molecular formula is C43H28N2O. The molecule has 0 aliphatic heterocycles. The van der Waals surface area contributed by atoms with E-state index in [0.29, 0.717) is 5.71 Å². The summed E-state index contributed by atoms with van der Waals surface area (Å²) in [5.74, 6) is 0. The minimum atomic E-state index is 0.649. The summed E-state index contributed by atoms with van der Waals surface area (Å²) in [5, 5.41) is 6.67. The zero-order chi connectivity index (χ0) is 30.5. The topological polar surface area (TPSA) is 29.3 Å². The molecule has 3 heteroatoms. The number of hydrogen-bond donors (Lipinski definition) is 0. The summed E-state index contributed by atoms with van der Waals surface area (Å²) >= 11 is 0. The highest BCUT2D eigenvalue weighted by Gasteiger charge is 2.18. The molecular weight excluding hydrogens is 560 g/mol. The summed E-state index contributed by atoms with van der Waals surface area (Å²) in [6.07, 6.45) is 0. The van der Waals surface area contributed by atoms with Gasteiger partial charge in [-0.05, 0) is 81.9 Å². The van der Waals surface area contributed by atoms with Crippen LogP contribution in [0.2, 0.25) is 0 Å². The number of benzene rings is 7. The van der Waals surface area contributed by atoms with Crippen molar-refractivity contribution in [3.63, 3.8) is 0 Å². The van der Waals surface area contributed by atoms with Gasteiger partial charge in [-0.15, -0.1) is 0 Å². The number of furan rings is 1. The molecule has 0 fully saturated rings. The molecule has 9 rings (SSSR count). The molecule has 0 N–H and O–H groups in total. The van der Waals surface area contributed by atoms with Gasteiger partial charge in [0.2, 0.25) is 5.71 Å². The average Bonchev–Trinajstić information content (AvgIpc) is 3.51. The molecule has 0 saturated heterocycles. The summed E-state index contributed by atoms with van der Waals surface area (Å²) in [4.78, 5) is 7.27. The lowest BCUT2D eigenvalue weighted by Gasteiger charge is -2.26. The molecule has 46 heavy (non-hydrogen) atoms. The van der Waals surface area contributed by atoms with Gasteiger partial charge in [0.05, 0.1) is 5.69 Å². The molecule has 3 nitrogen and oxygen atoms in total. The maximum absolute atomic E-state index is 6.58. The van der Waals surface area contributed by atoms with Gasteiger partial charge in [0, 0.05) is 38.8 Å². The number of aromatic nitrogens is 1. The van der Waals surface area contributed by atoms with Crippen LogP contribution in [0.15, 0.2) is 174 Å². The van der Waals surface area contributed by atoms with Gasteiger partial charge in [0.15, 0.2) is 0 Å². The van der Waals surface area contributed by atoms with Gasteiger partial charge in [-0.3, -0.25) is 0 Å². The van der Waals surface area contributed by atoms with E-state index in [0.717, 1.165) is 55.4 Å². The van der Waals surface area contributed by atoms with Crippen LogP contribution >= 0.6 is 0 Å². The Morgan fingerprint density at radius 1 is 0.391 bits per heavy atom. The number of nitrogens with zero attached hydrogens (tertiary/aromatic N) is 2. The lowest BCUT2D eigenvalue weighted by molar-refractivity contribution is 0.658. The first kappa shape index (κ1) is 26.2. The van der Waals surface area contributed by atoms with Crippen molar-refractivity contribution in [2.75, 3.05) is 4.90 Å². The molecule has 2 aromatic heterocycles. The molecule has 2 heterocycles. The summed E-state index contributed by atoms with van der Waals surface area (Å²) in [6, 6.07) is 59.9. The Morgan fingerprint density at radius 3 is 1.85 bits per heavy atom. The highest BCUT2D eigenvalue weighted by atomic mass is 16.3. The summed E-state index contributed by atoms with van der Waals surface area (Å²) in [5.41, 5.74) is 9.06. The third-order valence-electron chi connectivity index (χ3n) is 8.84. The predicted molar refractivity (Wildman–Crippen MR) is 192 cm³/mol. The van der Waals surface area contributed by atoms with Gasteiger partial charge in [-0.1, -0.05) is 115 Å². The van der Waals surface area contributed by atoms with Gasteiger partial charge in [0.25, 0.3) is 0 Å². The number of hydrogen-bond acceptors (Lipinski definition) is 3. The van der Waals surface area contributed by atoms with E-state index in [2.05, 4.69) is 157 Å². The molecule has 9 aromatic rings. The molecule has 0 aliphatic rings. The van der Waals surface area contributed by atoms with Crippen LogP contribution in [0.4, 0.5) is 17.1 Å². The van der Waals surface area contributed by atoms with Gasteiger partial charge in [0.1, 0.15) is 5.58 Å². The number of pyridine rings is 1. The number of anilines is 3. The van der Waals surface area contributed by atoms with Crippen LogP contribution in [-0.4, -0.2) is 4.98 Å². The fraction of sp³-hybridized carbons (Fsp3) is 0. The van der Waals surface area contributed by atoms with Crippen molar-refractivity contribution in [2.45, 2.75) is 0 Å². The van der Waals surface area contributed by atoms with E-state index in [1.165, 1.54) is 21.9 Å². The van der Waals surface area contributed by atoms with E-state index in [4.69, 9.17) is 9.40 Å². The monoisotopic (exact) mass is 588 g/mol. The van der Waals surface area contributed by atoms with Crippen LogP contribution in [0.1, 0.15) is 0 Å². The predicted octanol–water partition coefficient (Wildman–Crippen LogP) is 12.1. The largest absolute Gasteiger partial charge is 0.437 e. The average molecular weight is 589 g/mol. The van der Waals surface area contributed by atoms with Crippen molar-refractivity contribution in [2.24, 2.45) is 0 Å². The van der Waals surface area contributed by atoms with E-state index in [1.807, 2.05) is 18.2 Å². The van der Waals surface area contributed by atoms with Gasteiger partial charge < -0.3 is 9.32 Å². The molecule has 0 bridgehead atoms. The molecule has 0 spiro atoms. The van der Waals surface area contributed by atoms with Crippen molar-refractivity contribution < 1.29 is 4.42 Å². The molecule has 0 atom stereocenters. The molecule has 7 aromatic carbocycles. The van der Waals surface area contributed by atoms with Crippen LogP contribution in [-0.2, 0) is 0 Å². The van der Waals surface area contributed by atoms with Gasteiger partial charge >= 0.3 is 0 Å². The van der Waals surface area contributed by atoms with Crippen molar-refractivity contribution in [1.82, 2.24) is 4.98 Å². The second kappa shape index (κ2) is 10.8. The van der Waals surface area contributed by atoms with Crippen LogP contribution in [0.25, 0.3) is 66.0 Å². The second-order valence-electron chi connectivity index (χ2n) is 11.6. The van der Waals surface area contributed by atoms with E-state index in [1.54, 1.807) is 0 Å². The Bertz CT molecular complexity index is 2530. The van der Waals surface area contributed by atoms with Crippen LogP contribution < -0.4 is 4.90 Å². The smallest absolute Gasteiger partial charge is 0.227 e. The van der Waals surface area contributed by atoms with Crippen LogP contribution in [0.3, 0.4) is 0 Å². The van der Waals surface area contributed by atoms with Crippen molar-refractivity contribution in [3.05, 3.63) is 170 Å². The summed E-state index contributed by atoms with van der Waals surface area (Å²) in [6.45, 7) is 0. The zero-order valence-corrected chi connectivity index (χ0v) is 25.0. The van der Waals surface area contributed by atoms with Crippen LogP contribution in [0, 0.1) is 0 Å². The minimum Gasteiger partial charge on any atom is -0.437 e. The first-order chi connectivity index (χ1) is 22.8. The van der Waals surface area contributed by atoms with Crippen molar-refractivity contribution in [1.29, 1.82) is 0 Å². The molecule has 0 radical (unpaired) electrons. The van der Waals surface area contributed by atoms with Crippen molar-refractivity contribution in [3.8, 4) is 22.4 Å². The molecule has 0 aliphatic carbocycles. The lowest BCUT2D eigenvalue weighted by atomic mass is 10.0. The molecule has 0 unspecified atom stereocenters. The van der Waals surface area contributed by atoms with E-state index in [-0.39, 0.29) is 0 Å². The number of fused-ring (bicyclic) bond motifs is 6. The third-order valence-corrected chi connectivity index (χ3v) is 8.84. The maximum atomic E-state index is 6.58. The normalized spacial score (nSPS) is 11.5. The minimum absolute atomic E-state index is 0.649. The Kier molecular flexibility index (Phi) is 6.14. The van der Waals surface area contributed by atoms with E-state index >= 15 is 0 Å².